The van der Waals surface area contributed by atoms with Crippen LogP contribution in [0.1, 0.15) is 34.6 Å². The highest BCUT2D eigenvalue weighted by atomic mass is 32.2. The first kappa shape index (κ1) is 17.7. The van der Waals surface area contributed by atoms with E-state index < -0.39 is 10.0 Å². The third-order valence-corrected chi connectivity index (χ3v) is 7.50. The molecule has 0 spiro atoms. The Kier molecular flexibility index (Phi) is 4.62. The monoisotopic (exact) mass is 375 g/mol. The van der Waals surface area contributed by atoms with Gasteiger partial charge in [0.2, 0.25) is 10.0 Å². The number of nitrogens with zero attached hydrogens (tertiary/aromatic N) is 3. The minimum absolute atomic E-state index is 0.442. The van der Waals surface area contributed by atoms with Crippen LogP contribution in [-0.4, -0.2) is 49.0 Å². The van der Waals surface area contributed by atoms with Gasteiger partial charge in [-0.2, -0.15) is 4.31 Å². The molecule has 140 valence electrons. The van der Waals surface area contributed by atoms with Gasteiger partial charge in [-0.15, -0.1) is 0 Å². The van der Waals surface area contributed by atoms with E-state index in [4.69, 9.17) is 4.52 Å². The molecule has 0 radical (unpaired) electrons. The summed E-state index contributed by atoms with van der Waals surface area (Å²) in [5.74, 6) is 0.843. The topological polar surface area (TPSA) is 66.7 Å². The number of hydrogen-bond donors (Lipinski definition) is 0. The molecule has 0 bridgehead atoms. The molecule has 7 heteroatoms. The summed E-state index contributed by atoms with van der Waals surface area (Å²) in [5.41, 5.74) is 4.52. The Labute approximate surface area is 154 Å². The maximum Gasteiger partial charge on any atom is 0.243 e. The standard InChI is InChI=1S/C19H25N3O3S/c1-14-19(15(2)25-20-14)13-21-8-10-22(11-9-21)26(23,24)18-7-6-16-4-3-5-17(16)12-18/h6-7,12H,3-5,8-11,13H2,1-2H3. The molecule has 1 aliphatic carbocycles. The van der Waals surface area contributed by atoms with Crippen molar-refractivity contribution >= 4 is 10.0 Å². The van der Waals surface area contributed by atoms with E-state index in [2.05, 4.69) is 10.1 Å². The molecule has 1 aliphatic heterocycles. The lowest BCUT2D eigenvalue weighted by Gasteiger charge is -2.34. The van der Waals surface area contributed by atoms with Gasteiger partial charge in [-0.05, 0) is 56.4 Å². The molecule has 1 aromatic heterocycles. The summed E-state index contributed by atoms with van der Waals surface area (Å²) in [6.45, 7) is 7.09. The molecule has 0 N–H and O–H groups in total. The van der Waals surface area contributed by atoms with E-state index in [0.29, 0.717) is 31.1 Å². The van der Waals surface area contributed by atoms with Gasteiger partial charge in [0.15, 0.2) is 0 Å². The molecule has 2 aromatic rings. The Hall–Kier alpha value is -1.70. The molecular formula is C19H25N3O3S. The van der Waals surface area contributed by atoms with Crippen molar-refractivity contribution in [2.75, 3.05) is 26.2 Å². The summed E-state index contributed by atoms with van der Waals surface area (Å²) in [4.78, 5) is 2.71. The number of hydrogen-bond acceptors (Lipinski definition) is 5. The van der Waals surface area contributed by atoms with E-state index in [0.717, 1.165) is 42.8 Å². The Balaban J connectivity index is 1.44. The van der Waals surface area contributed by atoms with E-state index in [9.17, 15) is 8.42 Å². The summed E-state index contributed by atoms with van der Waals surface area (Å²) in [5, 5.41) is 4.00. The number of aromatic nitrogens is 1. The molecular weight excluding hydrogens is 350 g/mol. The van der Waals surface area contributed by atoms with Gasteiger partial charge < -0.3 is 4.52 Å². The first-order valence-corrected chi connectivity index (χ1v) is 10.7. The summed E-state index contributed by atoms with van der Waals surface area (Å²) in [6.07, 6.45) is 3.18. The number of sulfonamides is 1. The summed E-state index contributed by atoms with van der Waals surface area (Å²) in [6, 6.07) is 5.65. The zero-order valence-corrected chi connectivity index (χ0v) is 16.2. The second-order valence-corrected chi connectivity index (χ2v) is 9.20. The van der Waals surface area contributed by atoms with Crippen molar-refractivity contribution in [1.29, 1.82) is 0 Å². The Morgan fingerprint density at radius 2 is 1.81 bits per heavy atom. The van der Waals surface area contributed by atoms with Crippen LogP contribution in [0.2, 0.25) is 0 Å². The highest BCUT2D eigenvalue weighted by molar-refractivity contribution is 7.89. The van der Waals surface area contributed by atoms with Crippen molar-refractivity contribution in [3.05, 3.63) is 46.3 Å². The first-order valence-electron chi connectivity index (χ1n) is 9.21. The van der Waals surface area contributed by atoms with Gasteiger partial charge in [0.05, 0.1) is 10.6 Å². The van der Waals surface area contributed by atoms with Crippen molar-refractivity contribution in [3.63, 3.8) is 0 Å². The lowest BCUT2D eigenvalue weighted by Crippen LogP contribution is -2.48. The zero-order chi connectivity index (χ0) is 18.3. The predicted molar refractivity (Wildman–Crippen MR) is 98.5 cm³/mol. The van der Waals surface area contributed by atoms with Crippen LogP contribution in [0.15, 0.2) is 27.6 Å². The fraction of sp³-hybridized carbons (Fsp3) is 0.526. The molecule has 0 saturated carbocycles. The molecule has 4 rings (SSSR count). The van der Waals surface area contributed by atoms with Crippen molar-refractivity contribution < 1.29 is 12.9 Å². The first-order chi connectivity index (χ1) is 12.4. The van der Waals surface area contributed by atoms with E-state index >= 15 is 0 Å². The number of fused-ring (bicyclic) bond motifs is 1. The summed E-state index contributed by atoms with van der Waals surface area (Å²) in [7, 11) is -3.41. The zero-order valence-electron chi connectivity index (χ0n) is 15.4. The predicted octanol–water partition coefficient (Wildman–Crippen LogP) is 2.29. The van der Waals surface area contributed by atoms with Crippen LogP contribution < -0.4 is 0 Å². The third-order valence-electron chi connectivity index (χ3n) is 5.60. The van der Waals surface area contributed by atoms with E-state index in [1.807, 2.05) is 26.0 Å². The van der Waals surface area contributed by atoms with Gasteiger partial charge in [-0.25, -0.2) is 8.42 Å². The highest BCUT2D eigenvalue weighted by Gasteiger charge is 2.30. The average Bonchev–Trinajstić information content (AvgIpc) is 3.23. The van der Waals surface area contributed by atoms with Crippen LogP contribution in [0.5, 0.6) is 0 Å². The fourth-order valence-corrected chi connectivity index (χ4v) is 5.41. The van der Waals surface area contributed by atoms with Crippen molar-refractivity contribution in [2.45, 2.75) is 44.6 Å². The van der Waals surface area contributed by atoms with Gasteiger partial charge in [0.1, 0.15) is 5.76 Å². The van der Waals surface area contributed by atoms with E-state index in [1.165, 1.54) is 11.1 Å². The quantitative estimate of drug-likeness (QED) is 0.820. The van der Waals surface area contributed by atoms with E-state index in [-0.39, 0.29) is 0 Å². The van der Waals surface area contributed by atoms with Crippen molar-refractivity contribution in [2.24, 2.45) is 0 Å². The number of rotatable bonds is 4. The maximum atomic E-state index is 13.0. The molecule has 6 nitrogen and oxygen atoms in total. The summed E-state index contributed by atoms with van der Waals surface area (Å²) < 4.78 is 32.8. The van der Waals surface area contributed by atoms with Crippen LogP contribution in [0, 0.1) is 13.8 Å². The van der Waals surface area contributed by atoms with E-state index in [1.54, 1.807) is 10.4 Å². The molecule has 26 heavy (non-hydrogen) atoms. The van der Waals surface area contributed by atoms with Crippen LogP contribution >= 0.6 is 0 Å². The second-order valence-electron chi connectivity index (χ2n) is 7.27. The van der Waals surface area contributed by atoms with Crippen LogP contribution in [-0.2, 0) is 29.4 Å². The number of aryl methyl sites for hydroxylation is 4. The SMILES string of the molecule is Cc1noc(C)c1CN1CCN(S(=O)(=O)c2ccc3c(c2)CCC3)CC1. The number of benzene rings is 1. The Bertz CT molecular complexity index is 893. The molecule has 1 fully saturated rings. The largest absolute Gasteiger partial charge is 0.361 e. The fourth-order valence-electron chi connectivity index (χ4n) is 3.94. The third kappa shape index (κ3) is 3.19. The lowest BCUT2D eigenvalue weighted by molar-refractivity contribution is 0.180. The molecule has 1 saturated heterocycles. The molecule has 0 atom stereocenters. The van der Waals surface area contributed by atoms with Crippen molar-refractivity contribution in [3.8, 4) is 0 Å². The maximum absolute atomic E-state index is 13.0. The van der Waals surface area contributed by atoms with Gasteiger partial charge >= 0.3 is 0 Å². The van der Waals surface area contributed by atoms with Crippen LogP contribution in [0.3, 0.4) is 0 Å². The molecule has 0 amide bonds. The molecule has 2 aliphatic rings. The second kappa shape index (κ2) is 6.79. The van der Waals surface area contributed by atoms with Crippen molar-refractivity contribution in [1.82, 2.24) is 14.4 Å². The Morgan fingerprint density at radius 1 is 1.08 bits per heavy atom. The van der Waals surface area contributed by atoms with Crippen LogP contribution in [0.4, 0.5) is 0 Å². The van der Waals surface area contributed by atoms with Gasteiger partial charge in [0, 0.05) is 38.3 Å². The van der Waals surface area contributed by atoms with Gasteiger partial charge in [0.25, 0.3) is 0 Å². The number of piperazine rings is 1. The van der Waals surface area contributed by atoms with Gasteiger partial charge in [-0.1, -0.05) is 11.2 Å². The molecule has 1 aromatic carbocycles. The summed E-state index contributed by atoms with van der Waals surface area (Å²) >= 11 is 0. The average molecular weight is 375 g/mol. The lowest BCUT2D eigenvalue weighted by atomic mass is 10.1. The Morgan fingerprint density at radius 3 is 2.50 bits per heavy atom. The minimum Gasteiger partial charge on any atom is -0.361 e. The smallest absolute Gasteiger partial charge is 0.243 e. The van der Waals surface area contributed by atoms with Gasteiger partial charge in [-0.3, -0.25) is 4.90 Å². The minimum atomic E-state index is -3.41. The van der Waals surface area contributed by atoms with Crippen LogP contribution in [0.25, 0.3) is 0 Å². The normalized spacial score (nSPS) is 19.0. The molecule has 0 unspecified atom stereocenters. The highest BCUT2D eigenvalue weighted by Crippen LogP contribution is 2.27. The molecule has 2 heterocycles.